The predicted molar refractivity (Wildman–Crippen MR) is 129 cm³/mol. The summed E-state index contributed by atoms with van der Waals surface area (Å²) in [4.78, 5) is 29.5. The molecule has 1 fully saturated rings. The van der Waals surface area contributed by atoms with Crippen LogP contribution in [-0.4, -0.2) is 49.9 Å². The zero-order valence-electron chi connectivity index (χ0n) is 18.7. The molecule has 33 heavy (non-hydrogen) atoms. The summed E-state index contributed by atoms with van der Waals surface area (Å²) in [6.45, 7) is 2.03. The van der Waals surface area contributed by atoms with Gasteiger partial charge in [-0.05, 0) is 93.3 Å². The third kappa shape index (κ3) is 5.56. The minimum atomic E-state index is -0.398. The van der Waals surface area contributed by atoms with Crippen molar-refractivity contribution in [2.75, 3.05) is 42.7 Å². The van der Waals surface area contributed by atoms with Crippen molar-refractivity contribution >= 4 is 28.9 Å². The first kappa shape index (κ1) is 22.5. The van der Waals surface area contributed by atoms with Crippen LogP contribution in [0.4, 0.5) is 21.5 Å². The summed E-state index contributed by atoms with van der Waals surface area (Å²) < 4.78 is 13.0. The molecule has 0 bridgehead atoms. The Labute approximate surface area is 193 Å². The van der Waals surface area contributed by atoms with Crippen LogP contribution in [0.3, 0.4) is 0 Å². The molecule has 1 atom stereocenters. The Kier molecular flexibility index (Phi) is 6.70. The van der Waals surface area contributed by atoms with Crippen molar-refractivity contribution in [1.82, 2.24) is 4.90 Å². The number of hydrogen-bond donors (Lipinski definition) is 2. The van der Waals surface area contributed by atoms with Crippen molar-refractivity contribution in [3.05, 3.63) is 89.7 Å². The zero-order valence-corrected chi connectivity index (χ0v) is 18.7. The Morgan fingerprint density at radius 1 is 0.818 bits per heavy atom. The van der Waals surface area contributed by atoms with Crippen molar-refractivity contribution in [1.29, 1.82) is 0 Å². The first-order valence-electron chi connectivity index (χ1n) is 10.9. The zero-order chi connectivity index (χ0) is 23.4. The summed E-state index contributed by atoms with van der Waals surface area (Å²) in [5, 5.41) is 5.64. The van der Waals surface area contributed by atoms with Gasteiger partial charge in [-0.1, -0.05) is 0 Å². The van der Waals surface area contributed by atoms with E-state index in [1.165, 1.54) is 24.3 Å². The third-order valence-corrected chi connectivity index (χ3v) is 5.90. The van der Waals surface area contributed by atoms with Crippen molar-refractivity contribution in [2.45, 2.75) is 12.5 Å². The minimum Gasteiger partial charge on any atom is -0.370 e. The van der Waals surface area contributed by atoms with Crippen LogP contribution < -0.4 is 15.5 Å². The lowest BCUT2D eigenvalue weighted by Crippen LogP contribution is -2.31. The second-order valence-corrected chi connectivity index (χ2v) is 8.39. The quantitative estimate of drug-likeness (QED) is 0.586. The first-order chi connectivity index (χ1) is 15.9. The number of nitrogens with one attached hydrogen (secondary N) is 2. The molecular formula is C26H27FN4O2. The molecule has 1 heterocycles. The molecule has 0 aromatic heterocycles. The molecular weight excluding hydrogens is 419 g/mol. The molecule has 0 saturated carbocycles. The highest BCUT2D eigenvalue weighted by Gasteiger charge is 2.24. The number of amides is 2. The van der Waals surface area contributed by atoms with E-state index in [1.807, 2.05) is 24.3 Å². The maximum Gasteiger partial charge on any atom is 0.255 e. The summed E-state index contributed by atoms with van der Waals surface area (Å²) in [5.74, 6) is -0.972. The number of halogens is 1. The van der Waals surface area contributed by atoms with Gasteiger partial charge in [0.1, 0.15) is 5.82 Å². The van der Waals surface area contributed by atoms with Gasteiger partial charge in [0.15, 0.2) is 0 Å². The van der Waals surface area contributed by atoms with Gasteiger partial charge in [0, 0.05) is 47.3 Å². The van der Waals surface area contributed by atoms with Gasteiger partial charge in [-0.3, -0.25) is 9.59 Å². The van der Waals surface area contributed by atoms with Crippen LogP contribution in [0.15, 0.2) is 72.8 Å². The van der Waals surface area contributed by atoms with Crippen molar-refractivity contribution in [2.24, 2.45) is 0 Å². The number of nitrogens with zero attached hydrogens (tertiary/aromatic N) is 2. The van der Waals surface area contributed by atoms with E-state index in [0.717, 1.165) is 30.9 Å². The number of carbonyl (C=O) groups excluding carboxylic acids is 2. The topological polar surface area (TPSA) is 64.7 Å². The Hall–Kier alpha value is -3.71. The average Bonchev–Trinajstić information content (AvgIpc) is 3.31. The van der Waals surface area contributed by atoms with E-state index < -0.39 is 5.82 Å². The molecule has 1 aliphatic heterocycles. The van der Waals surface area contributed by atoms with Crippen LogP contribution in [0.2, 0.25) is 0 Å². The Morgan fingerprint density at radius 2 is 1.30 bits per heavy atom. The van der Waals surface area contributed by atoms with Crippen LogP contribution in [0, 0.1) is 5.82 Å². The smallest absolute Gasteiger partial charge is 0.255 e. The fourth-order valence-corrected chi connectivity index (χ4v) is 3.87. The number of anilines is 3. The van der Waals surface area contributed by atoms with Crippen LogP contribution in [0.1, 0.15) is 27.1 Å². The highest BCUT2D eigenvalue weighted by Crippen LogP contribution is 2.24. The number of likely N-dealkylation sites (N-methyl/N-ethyl adjacent to an activating group) is 1. The number of benzene rings is 3. The van der Waals surface area contributed by atoms with Crippen LogP contribution in [0.25, 0.3) is 0 Å². The Balaban J connectivity index is 1.33. The third-order valence-electron chi connectivity index (χ3n) is 5.90. The number of carbonyl (C=O) groups is 2. The fraction of sp³-hybridized carbons (Fsp3) is 0.231. The van der Waals surface area contributed by atoms with E-state index in [-0.39, 0.29) is 11.8 Å². The number of rotatable bonds is 6. The van der Waals surface area contributed by atoms with E-state index in [4.69, 9.17) is 0 Å². The summed E-state index contributed by atoms with van der Waals surface area (Å²) in [6.07, 6.45) is 1.14. The lowest BCUT2D eigenvalue weighted by Gasteiger charge is -2.22. The first-order valence-corrected chi connectivity index (χ1v) is 10.9. The van der Waals surface area contributed by atoms with Crippen LogP contribution >= 0.6 is 0 Å². The molecule has 1 saturated heterocycles. The van der Waals surface area contributed by atoms with Crippen molar-refractivity contribution in [3.8, 4) is 0 Å². The molecule has 2 amide bonds. The standard InChI is InChI=1S/C26H27FN4O2/c1-30(2)24-15-16-31(17-24)23-13-11-22(12-14-23)29-26(33)19-5-9-21(10-6-19)28-25(32)18-3-7-20(27)8-4-18/h3-14,24H,15-17H2,1-2H3,(H,28,32)(H,29,33). The molecule has 1 unspecified atom stereocenters. The molecule has 2 N–H and O–H groups in total. The van der Waals surface area contributed by atoms with Gasteiger partial charge in [0.25, 0.3) is 11.8 Å². The van der Waals surface area contributed by atoms with Crippen LogP contribution in [-0.2, 0) is 0 Å². The summed E-state index contributed by atoms with van der Waals surface area (Å²) in [7, 11) is 4.22. The lowest BCUT2D eigenvalue weighted by atomic mass is 10.1. The maximum atomic E-state index is 13.0. The molecule has 3 aromatic carbocycles. The van der Waals surface area contributed by atoms with E-state index >= 15 is 0 Å². The van der Waals surface area contributed by atoms with Gasteiger partial charge in [0.05, 0.1) is 0 Å². The second-order valence-electron chi connectivity index (χ2n) is 8.39. The van der Waals surface area contributed by atoms with Gasteiger partial charge < -0.3 is 20.4 Å². The van der Waals surface area contributed by atoms with E-state index in [2.05, 4.69) is 34.5 Å². The minimum absolute atomic E-state index is 0.229. The predicted octanol–water partition coefficient (Wildman–Crippen LogP) is 4.47. The van der Waals surface area contributed by atoms with E-state index in [0.29, 0.717) is 22.9 Å². The Morgan fingerprint density at radius 3 is 1.79 bits per heavy atom. The van der Waals surface area contributed by atoms with Gasteiger partial charge >= 0.3 is 0 Å². The van der Waals surface area contributed by atoms with Gasteiger partial charge in [0.2, 0.25) is 0 Å². The average molecular weight is 447 g/mol. The maximum absolute atomic E-state index is 13.0. The van der Waals surface area contributed by atoms with Gasteiger partial charge in [-0.15, -0.1) is 0 Å². The highest BCUT2D eigenvalue weighted by molar-refractivity contribution is 6.06. The van der Waals surface area contributed by atoms with Crippen molar-refractivity contribution in [3.63, 3.8) is 0 Å². The Bertz CT molecular complexity index is 1110. The molecule has 0 spiro atoms. The highest BCUT2D eigenvalue weighted by atomic mass is 19.1. The monoisotopic (exact) mass is 446 g/mol. The van der Waals surface area contributed by atoms with Gasteiger partial charge in [-0.2, -0.15) is 0 Å². The van der Waals surface area contributed by atoms with E-state index in [1.54, 1.807) is 24.3 Å². The molecule has 3 aromatic rings. The fourth-order valence-electron chi connectivity index (χ4n) is 3.87. The second kappa shape index (κ2) is 9.83. The number of hydrogen-bond acceptors (Lipinski definition) is 4. The summed E-state index contributed by atoms with van der Waals surface area (Å²) in [6, 6.07) is 20.4. The SMILES string of the molecule is CN(C)C1CCN(c2ccc(NC(=O)c3ccc(NC(=O)c4ccc(F)cc4)cc3)cc2)C1. The molecule has 7 heteroatoms. The molecule has 170 valence electrons. The molecule has 4 rings (SSSR count). The summed E-state index contributed by atoms with van der Waals surface area (Å²) in [5.41, 5.74) is 3.26. The van der Waals surface area contributed by atoms with E-state index in [9.17, 15) is 14.0 Å². The van der Waals surface area contributed by atoms with Gasteiger partial charge in [-0.25, -0.2) is 4.39 Å². The lowest BCUT2D eigenvalue weighted by molar-refractivity contribution is 0.102. The van der Waals surface area contributed by atoms with Crippen molar-refractivity contribution < 1.29 is 14.0 Å². The molecule has 0 radical (unpaired) electrons. The van der Waals surface area contributed by atoms with Crippen LogP contribution in [0.5, 0.6) is 0 Å². The normalized spacial score (nSPS) is 15.5. The summed E-state index contributed by atoms with van der Waals surface area (Å²) >= 11 is 0. The molecule has 6 nitrogen and oxygen atoms in total. The largest absolute Gasteiger partial charge is 0.370 e. The molecule has 1 aliphatic rings. The molecule has 0 aliphatic carbocycles.